The van der Waals surface area contributed by atoms with Crippen LogP contribution in [0.1, 0.15) is 44.3 Å². The Morgan fingerprint density at radius 2 is 1.51 bits per heavy atom. The maximum atomic E-state index is 14.8. The minimum Gasteiger partial charge on any atom is -0.352 e. The highest BCUT2D eigenvalue weighted by Crippen LogP contribution is 2.59. The zero-order valence-corrected chi connectivity index (χ0v) is 23.4. The van der Waals surface area contributed by atoms with Crippen LogP contribution in [0.25, 0.3) is 5.57 Å². The maximum Gasteiger partial charge on any atom is 0.238 e. The van der Waals surface area contributed by atoms with Crippen molar-refractivity contribution in [2.24, 2.45) is 5.92 Å². The fraction of sp³-hybridized carbons (Fsp3) is 0.171. The van der Waals surface area contributed by atoms with Gasteiger partial charge in [-0.25, -0.2) is 0 Å². The first kappa shape index (κ1) is 25.5. The summed E-state index contributed by atoms with van der Waals surface area (Å²) in [6.45, 7) is 3.98. The fourth-order valence-corrected chi connectivity index (χ4v) is 7.33. The summed E-state index contributed by atoms with van der Waals surface area (Å²) in [5.74, 6) is -1.85. The first-order valence-corrected chi connectivity index (χ1v) is 14.1. The third-order valence-corrected chi connectivity index (χ3v) is 9.24. The van der Waals surface area contributed by atoms with Crippen LogP contribution in [0.4, 0.5) is 11.4 Å². The molecule has 1 fully saturated rings. The predicted octanol–water partition coefficient (Wildman–Crippen LogP) is 6.89. The molecule has 0 radical (unpaired) electrons. The molecular formula is C35H27ClN2O3. The van der Waals surface area contributed by atoms with Crippen LogP contribution >= 0.6 is 11.6 Å². The van der Waals surface area contributed by atoms with Crippen molar-refractivity contribution in [2.45, 2.75) is 31.3 Å². The van der Waals surface area contributed by atoms with Crippen LogP contribution in [0.3, 0.4) is 0 Å². The highest BCUT2D eigenvalue weighted by molar-refractivity contribution is 6.34. The number of benzene rings is 4. The number of ketones is 2. The molecule has 3 aliphatic heterocycles. The van der Waals surface area contributed by atoms with E-state index in [1.54, 1.807) is 36.4 Å². The molecule has 0 aliphatic carbocycles. The molecule has 3 heterocycles. The Morgan fingerprint density at radius 3 is 2.29 bits per heavy atom. The van der Waals surface area contributed by atoms with Gasteiger partial charge in [0, 0.05) is 28.1 Å². The van der Waals surface area contributed by atoms with E-state index in [0.717, 1.165) is 28.0 Å². The summed E-state index contributed by atoms with van der Waals surface area (Å²) < 4.78 is 0. The number of halogens is 1. The van der Waals surface area contributed by atoms with E-state index in [4.69, 9.17) is 11.6 Å². The highest BCUT2D eigenvalue weighted by Gasteiger charge is 2.70. The SMILES string of the molecule is CC1=C[C@@H]2N(c3ccccc31)[C@H](C(=O)c1ccccc1Cl)[C@H](C(=O)c1ccc(C)cc1)[C@]21C(=O)Nc2ccccc21. The van der Waals surface area contributed by atoms with Gasteiger partial charge in [-0.3, -0.25) is 14.4 Å². The molecule has 1 amide bonds. The van der Waals surface area contributed by atoms with Crippen molar-refractivity contribution < 1.29 is 14.4 Å². The Bertz CT molecular complexity index is 1790. The molecule has 5 nitrogen and oxygen atoms in total. The Kier molecular flexibility index (Phi) is 5.77. The standard InChI is InChI=1S/C35H27ClN2O3/c1-20-15-17-22(18-16-20)32(39)30-31(33(40)24-10-3-6-12-26(24)36)38-28-14-8-4-9-23(28)21(2)19-29(38)35(30)25-11-5-7-13-27(25)37-34(35)41/h3-19,29-31H,1-2H3,(H,37,41)/t29-,30+,31-,35+/m0/s1. The molecule has 1 spiro atoms. The molecule has 0 bridgehead atoms. The molecule has 4 aromatic carbocycles. The number of allylic oxidation sites excluding steroid dienone is 1. The van der Waals surface area contributed by atoms with Gasteiger partial charge in [0.2, 0.25) is 5.91 Å². The molecule has 0 saturated carbocycles. The third kappa shape index (κ3) is 3.52. The van der Waals surface area contributed by atoms with E-state index in [1.807, 2.05) is 79.4 Å². The summed E-state index contributed by atoms with van der Waals surface area (Å²) >= 11 is 6.60. The van der Waals surface area contributed by atoms with E-state index in [-0.39, 0.29) is 17.5 Å². The quantitative estimate of drug-likeness (QED) is 0.277. The van der Waals surface area contributed by atoms with Gasteiger partial charge in [-0.2, -0.15) is 0 Å². The van der Waals surface area contributed by atoms with Gasteiger partial charge >= 0.3 is 0 Å². The third-order valence-electron chi connectivity index (χ3n) is 8.91. The van der Waals surface area contributed by atoms with E-state index < -0.39 is 23.4 Å². The van der Waals surface area contributed by atoms with E-state index in [2.05, 4.69) is 11.4 Å². The van der Waals surface area contributed by atoms with Crippen molar-refractivity contribution in [3.8, 4) is 0 Å². The van der Waals surface area contributed by atoms with Gasteiger partial charge in [-0.15, -0.1) is 0 Å². The van der Waals surface area contributed by atoms with Crippen molar-refractivity contribution in [2.75, 3.05) is 10.2 Å². The minimum atomic E-state index is -1.35. The predicted molar refractivity (Wildman–Crippen MR) is 162 cm³/mol. The monoisotopic (exact) mass is 558 g/mol. The molecule has 4 atom stereocenters. The van der Waals surface area contributed by atoms with Crippen LogP contribution in [-0.4, -0.2) is 29.6 Å². The Morgan fingerprint density at radius 1 is 0.829 bits per heavy atom. The van der Waals surface area contributed by atoms with Crippen LogP contribution in [0, 0.1) is 12.8 Å². The molecule has 1 saturated heterocycles. The van der Waals surface area contributed by atoms with E-state index in [1.165, 1.54) is 0 Å². The van der Waals surface area contributed by atoms with Gasteiger partial charge in [0.25, 0.3) is 0 Å². The van der Waals surface area contributed by atoms with Crippen LogP contribution < -0.4 is 10.2 Å². The number of fused-ring (bicyclic) bond motifs is 6. The number of amides is 1. The van der Waals surface area contributed by atoms with Crippen molar-refractivity contribution in [3.05, 3.63) is 136 Å². The van der Waals surface area contributed by atoms with Crippen LogP contribution in [0.5, 0.6) is 0 Å². The van der Waals surface area contributed by atoms with Crippen molar-refractivity contribution in [3.63, 3.8) is 0 Å². The number of para-hydroxylation sites is 2. The second-order valence-corrected chi connectivity index (χ2v) is 11.5. The largest absolute Gasteiger partial charge is 0.352 e. The molecule has 3 aliphatic rings. The maximum absolute atomic E-state index is 14.8. The van der Waals surface area contributed by atoms with E-state index in [0.29, 0.717) is 21.8 Å². The van der Waals surface area contributed by atoms with Gasteiger partial charge in [-0.05, 0) is 49.2 Å². The second kappa shape index (κ2) is 9.28. The van der Waals surface area contributed by atoms with Crippen molar-refractivity contribution in [1.82, 2.24) is 0 Å². The number of rotatable bonds is 4. The van der Waals surface area contributed by atoms with Gasteiger partial charge in [0.15, 0.2) is 11.6 Å². The summed E-state index contributed by atoms with van der Waals surface area (Å²) in [4.78, 5) is 46.0. The van der Waals surface area contributed by atoms with Gasteiger partial charge in [0.05, 0.1) is 17.0 Å². The fourth-order valence-electron chi connectivity index (χ4n) is 7.11. The number of Topliss-reactive ketones (excluding diaryl/α,β-unsaturated/α-hetero) is 2. The van der Waals surface area contributed by atoms with Crippen LogP contribution in [-0.2, 0) is 10.2 Å². The molecular weight excluding hydrogens is 532 g/mol. The molecule has 41 heavy (non-hydrogen) atoms. The van der Waals surface area contributed by atoms with Crippen molar-refractivity contribution >= 4 is 46.0 Å². The minimum absolute atomic E-state index is 0.250. The first-order chi connectivity index (χ1) is 19.8. The lowest BCUT2D eigenvalue weighted by Crippen LogP contribution is -2.51. The lowest BCUT2D eigenvalue weighted by molar-refractivity contribution is -0.121. The smallest absolute Gasteiger partial charge is 0.238 e. The summed E-state index contributed by atoms with van der Waals surface area (Å²) in [6, 6.07) is 28.1. The van der Waals surface area contributed by atoms with Gasteiger partial charge in [-0.1, -0.05) is 96.0 Å². The van der Waals surface area contributed by atoms with Crippen molar-refractivity contribution in [1.29, 1.82) is 0 Å². The highest BCUT2D eigenvalue weighted by atomic mass is 35.5. The molecule has 0 aromatic heterocycles. The zero-order valence-electron chi connectivity index (χ0n) is 22.6. The van der Waals surface area contributed by atoms with Crippen LogP contribution in [0.2, 0.25) is 5.02 Å². The number of hydrogen-bond acceptors (Lipinski definition) is 4. The van der Waals surface area contributed by atoms with Gasteiger partial charge < -0.3 is 10.2 Å². The Labute approximate surface area is 243 Å². The number of nitrogens with one attached hydrogen (secondary N) is 1. The summed E-state index contributed by atoms with van der Waals surface area (Å²) in [7, 11) is 0. The average molecular weight is 559 g/mol. The summed E-state index contributed by atoms with van der Waals surface area (Å²) in [6.07, 6.45) is 2.05. The number of aryl methyl sites for hydroxylation is 1. The average Bonchev–Trinajstić information content (AvgIpc) is 3.45. The second-order valence-electron chi connectivity index (χ2n) is 11.1. The normalized spacial score (nSPS) is 23.9. The number of hydrogen-bond donors (Lipinski definition) is 1. The molecule has 0 unspecified atom stereocenters. The Hall–Kier alpha value is -4.48. The number of nitrogens with zero attached hydrogens (tertiary/aromatic N) is 1. The van der Waals surface area contributed by atoms with Gasteiger partial charge in [0.1, 0.15) is 11.5 Å². The molecule has 202 valence electrons. The van der Waals surface area contributed by atoms with Crippen LogP contribution in [0.15, 0.2) is 103 Å². The molecule has 4 aromatic rings. The Balaban J connectivity index is 1.57. The van der Waals surface area contributed by atoms with E-state index >= 15 is 0 Å². The summed E-state index contributed by atoms with van der Waals surface area (Å²) in [5, 5.41) is 3.38. The summed E-state index contributed by atoms with van der Waals surface area (Å²) in [5.41, 5.74) is 4.61. The zero-order chi connectivity index (χ0) is 28.5. The van der Waals surface area contributed by atoms with E-state index in [9.17, 15) is 14.4 Å². The lowest BCUT2D eigenvalue weighted by Gasteiger charge is -2.39. The number of carbonyl (C=O) groups is 3. The number of anilines is 2. The first-order valence-electron chi connectivity index (χ1n) is 13.7. The molecule has 6 heteroatoms. The molecule has 7 rings (SSSR count). The number of carbonyl (C=O) groups excluding carboxylic acids is 3. The topological polar surface area (TPSA) is 66.5 Å². The lowest BCUT2D eigenvalue weighted by atomic mass is 9.64. The molecule has 1 N–H and O–H groups in total.